The minimum absolute atomic E-state index is 0.221. The van der Waals surface area contributed by atoms with Gasteiger partial charge in [0.1, 0.15) is 0 Å². The average Bonchev–Trinajstić information content (AvgIpc) is 2.10. The van der Waals surface area contributed by atoms with E-state index in [0.717, 1.165) is 0 Å². The highest BCUT2D eigenvalue weighted by atomic mass is 35.5. The van der Waals surface area contributed by atoms with Crippen molar-refractivity contribution in [3.8, 4) is 0 Å². The maximum Gasteiger partial charge on any atom is 0.0674 e. The fraction of sp³-hybridized carbons (Fsp3) is 0.714. The molecule has 0 saturated carbocycles. The molecule has 0 N–H and O–H groups in total. The Bertz CT molecular complexity index is 213. The number of halogens is 1. The minimum atomic E-state index is -0.221. The Morgan fingerprint density at radius 1 is 0.867 bits per heavy atom. The van der Waals surface area contributed by atoms with E-state index in [2.05, 4.69) is 65.8 Å². The van der Waals surface area contributed by atoms with E-state index in [1.165, 1.54) is 0 Å². The van der Waals surface area contributed by atoms with Crippen LogP contribution in [0.3, 0.4) is 0 Å². The zero-order chi connectivity index (χ0) is 12.1. The third-order valence-electron chi connectivity index (χ3n) is 2.73. The quantitative estimate of drug-likeness (QED) is 0.457. The molecule has 0 fully saturated rings. The van der Waals surface area contributed by atoms with Crippen LogP contribution in [-0.4, -0.2) is 4.87 Å². The van der Waals surface area contributed by atoms with Crippen molar-refractivity contribution in [2.45, 2.75) is 46.4 Å². The van der Waals surface area contributed by atoms with E-state index in [9.17, 15) is 0 Å². The van der Waals surface area contributed by atoms with E-state index >= 15 is 0 Å². The van der Waals surface area contributed by atoms with Gasteiger partial charge in [-0.05, 0) is 17.8 Å². The Labute approximate surface area is 100 Å². The number of hydrogen-bond donors (Lipinski definition) is 0. The normalized spacial score (nSPS) is 14.3. The first-order valence-electron chi connectivity index (χ1n) is 5.85. The lowest BCUT2D eigenvalue weighted by atomic mass is 9.84. The Balaban J connectivity index is 4.56. The molecule has 0 saturated heterocycles. The second-order valence-electron chi connectivity index (χ2n) is 5.12. The summed E-state index contributed by atoms with van der Waals surface area (Å²) in [5.41, 5.74) is 0. The third-order valence-corrected chi connectivity index (χ3v) is 3.73. The molecule has 0 rings (SSSR count). The van der Waals surface area contributed by atoms with Crippen molar-refractivity contribution in [1.82, 2.24) is 0 Å². The van der Waals surface area contributed by atoms with Gasteiger partial charge in [0.2, 0.25) is 0 Å². The molecule has 0 aromatic carbocycles. The van der Waals surface area contributed by atoms with Crippen molar-refractivity contribution in [2.75, 3.05) is 0 Å². The Kier molecular flexibility index (Phi) is 6.28. The van der Waals surface area contributed by atoms with Gasteiger partial charge < -0.3 is 0 Å². The lowest BCUT2D eigenvalue weighted by molar-refractivity contribution is 0.390. The molecular formula is C14H25Cl. The molecule has 0 aromatic heterocycles. The first kappa shape index (κ1) is 14.8. The molecule has 88 valence electrons. The molecular weight excluding hydrogens is 204 g/mol. The monoisotopic (exact) mass is 228 g/mol. The van der Waals surface area contributed by atoms with Crippen molar-refractivity contribution >= 4 is 11.6 Å². The first-order chi connectivity index (χ1) is 6.80. The molecule has 0 bridgehead atoms. The summed E-state index contributed by atoms with van der Waals surface area (Å²) in [5.74, 6) is 1.49. The maximum atomic E-state index is 6.60. The molecule has 0 nitrogen and oxygen atoms in total. The van der Waals surface area contributed by atoms with Gasteiger partial charge in [-0.25, -0.2) is 0 Å². The fourth-order valence-corrected chi connectivity index (χ4v) is 1.61. The summed E-state index contributed by atoms with van der Waals surface area (Å²) in [6, 6.07) is 0. The highest BCUT2D eigenvalue weighted by molar-refractivity contribution is 6.25. The number of rotatable bonds is 5. The van der Waals surface area contributed by atoms with Crippen LogP contribution in [0.1, 0.15) is 41.5 Å². The second-order valence-corrected chi connectivity index (χ2v) is 5.78. The molecule has 0 atom stereocenters. The van der Waals surface area contributed by atoms with Crippen LogP contribution in [0.2, 0.25) is 0 Å². The van der Waals surface area contributed by atoms with E-state index in [4.69, 9.17) is 11.6 Å². The second kappa shape index (κ2) is 6.37. The molecule has 0 aliphatic carbocycles. The first-order valence-corrected chi connectivity index (χ1v) is 6.23. The molecule has 0 spiro atoms. The Morgan fingerprint density at radius 2 is 1.33 bits per heavy atom. The van der Waals surface area contributed by atoms with Gasteiger partial charge in [0.05, 0.1) is 4.87 Å². The number of allylic oxidation sites excluding steroid dienone is 4. The van der Waals surface area contributed by atoms with Crippen LogP contribution in [0.5, 0.6) is 0 Å². The van der Waals surface area contributed by atoms with Crippen LogP contribution >= 0.6 is 11.6 Å². The molecule has 0 heterocycles. The molecule has 15 heavy (non-hydrogen) atoms. The van der Waals surface area contributed by atoms with Crippen molar-refractivity contribution < 1.29 is 0 Å². The Hall–Kier alpha value is -0.230. The van der Waals surface area contributed by atoms with Crippen LogP contribution < -0.4 is 0 Å². The van der Waals surface area contributed by atoms with Gasteiger partial charge in [0, 0.05) is 0 Å². The van der Waals surface area contributed by atoms with Gasteiger partial charge in [0.25, 0.3) is 0 Å². The SMILES string of the molecule is CC(C)C=CC=CC(Cl)(C(C)C)C(C)C. The summed E-state index contributed by atoms with van der Waals surface area (Å²) < 4.78 is 0. The average molecular weight is 229 g/mol. The summed E-state index contributed by atoms with van der Waals surface area (Å²) in [7, 11) is 0. The minimum Gasteiger partial charge on any atom is -0.114 e. The smallest absolute Gasteiger partial charge is 0.0674 e. The molecule has 0 amide bonds. The molecule has 1 heteroatoms. The Morgan fingerprint density at radius 3 is 1.67 bits per heavy atom. The summed E-state index contributed by atoms with van der Waals surface area (Å²) in [4.78, 5) is -0.221. The van der Waals surface area contributed by atoms with Gasteiger partial charge in [-0.3, -0.25) is 0 Å². The number of hydrogen-bond acceptors (Lipinski definition) is 0. The lowest BCUT2D eigenvalue weighted by Crippen LogP contribution is -2.32. The predicted octanol–water partition coefficient (Wildman–Crippen LogP) is 5.04. The highest BCUT2D eigenvalue weighted by Gasteiger charge is 2.31. The summed E-state index contributed by atoms with van der Waals surface area (Å²) in [6.45, 7) is 13.0. The van der Waals surface area contributed by atoms with Gasteiger partial charge in [-0.1, -0.05) is 65.8 Å². The fourth-order valence-electron chi connectivity index (χ4n) is 1.54. The largest absolute Gasteiger partial charge is 0.114 e. The zero-order valence-electron chi connectivity index (χ0n) is 10.9. The maximum absolute atomic E-state index is 6.60. The molecule has 0 aliphatic heterocycles. The van der Waals surface area contributed by atoms with Gasteiger partial charge in [-0.2, -0.15) is 0 Å². The molecule has 0 unspecified atom stereocenters. The van der Waals surface area contributed by atoms with E-state index in [1.54, 1.807) is 0 Å². The third kappa shape index (κ3) is 4.88. The predicted molar refractivity (Wildman–Crippen MR) is 71.4 cm³/mol. The zero-order valence-corrected chi connectivity index (χ0v) is 11.7. The van der Waals surface area contributed by atoms with Gasteiger partial charge in [-0.15, -0.1) is 11.6 Å². The summed E-state index contributed by atoms with van der Waals surface area (Å²) >= 11 is 6.60. The molecule has 0 aromatic rings. The van der Waals surface area contributed by atoms with Crippen molar-refractivity contribution in [1.29, 1.82) is 0 Å². The molecule has 0 aliphatic rings. The van der Waals surface area contributed by atoms with Crippen LogP contribution in [0, 0.1) is 17.8 Å². The van der Waals surface area contributed by atoms with Crippen molar-refractivity contribution in [3.05, 3.63) is 24.3 Å². The van der Waals surface area contributed by atoms with E-state index < -0.39 is 0 Å². The van der Waals surface area contributed by atoms with Crippen molar-refractivity contribution in [2.24, 2.45) is 17.8 Å². The summed E-state index contributed by atoms with van der Waals surface area (Å²) in [6.07, 6.45) is 8.47. The van der Waals surface area contributed by atoms with Crippen LogP contribution in [0.25, 0.3) is 0 Å². The summed E-state index contributed by atoms with van der Waals surface area (Å²) in [5, 5.41) is 0. The van der Waals surface area contributed by atoms with E-state index in [-0.39, 0.29) is 4.87 Å². The molecule has 0 radical (unpaired) electrons. The van der Waals surface area contributed by atoms with E-state index in [0.29, 0.717) is 17.8 Å². The van der Waals surface area contributed by atoms with Crippen LogP contribution in [-0.2, 0) is 0 Å². The van der Waals surface area contributed by atoms with Crippen LogP contribution in [0.4, 0.5) is 0 Å². The highest BCUT2D eigenvalue weighted by Crippen LogP contribution is 2.34. The van der Waals surface area contributed by atoms with Gasteiger partial charge >= 0.3 is 0 Å². The standard InChI is InChI=1S/C14H25Cl/c1-11(2)9-7-8-10-14(15,12(3)4)13(5)6/h7-13H,1-6H3. The lowest BCUT2D eigenvalue weighted by Gasteiger charge is -2.32. The van der Waals surface area contributed by atoms with E-state index in [1.807, 2.05) is 0 Å². The topological polar surface area (TPSA) is 0 Å². The number of alkyl halides is 1. The van der Waals surface area contributed by atoms with Crippen LogP contribution in [0.15, 0.2) is 24.3 Å². The van der Waals surface area contributed by atoms with Gasteiger partial charge in [0.15, 0.2) is 0 Å². The van der Waals surface area contributed by atoms with Crippen molar-refractivity contribution in [3.63, 3.8) is 0 Å².